The summed E-state index contributed by atoms with van der Waals surface area (Å²) in [5, 5.41) is 9.05. The van der Waals surface area contributed by atoms with Crippen LogP contribution in [0.5, 0.6) is 0 Å². The van der Waals surface area contributed by atoms with E-state index in [1.165, 1.54) is 25.7 Å². The Hall–Kier alpha value is -1.10. The number of likely N-dealkylation sites (tertiary alicyclic amines) is 1. The second-order valence-electron chi connectivity index (χ2n) is 7.89. The number of aliphatic carboxylic acids is 1. The third kappa shape index (κ3) is 5.98. The lowest BCUT2D eigenvalue weighted by atomic mass is 9.88. The van der Waals surface area contributed by atoms with E-state index in [9.17, 15) is 9.59 Å². The Bertz CT molecular complexity index is 427. The lowest BCUT2D eigenvalue weighted by Crippen LogP contribution is -2.49. The van der Waals surface area contributed by atoms with Gasteiger partial charge in [-0.05, 0) is 38.1 Å². The van der Waals surface area contributed by atoms with Gasteiger partial charge >= 0.3 is 5.97 Å². The molecule has 25 heavy (non-hydrogen) atoms. The van der Waals surface area contributed by atoms with Crippen molar-refractivity contribution in [2.75, 3.05) is 26.2 Å². The van der Waals surface area contributed by atoms with E-state index in [4.69, 9.17) is 5.11 Å². The summed E-state index contributed by atoms with van der Waals surface area (Å²) < 4.78 is 0. The molecule has 1 atom stereocenters. The molecule has 5 nitrogen and oxygen atoms in total. The Morgan fingerprint density at radius 1 is 1.12 bits per heavy atom. The van der Waals surface area contributed by atoms with Crippen LogP contribution in [0.2, 0.25) is 0 Å². The molecule has 1 unspecified atom stereocenters. The van der Waals surface area contributed by atoms with Crippen molar-refractivity contribution in [2.45, 2.75) is 77.7 Å². The molecule has 2 rings (SSSR count). The standard InChI is InChI=1S/C20H36N2O3/c1-3-7-17(14-16-8-5-6-9-16)20(25)22-12-10-18(11-13-22)21(4-2)15-19(23)24/h16-18H,3-15H2,1-2H3,(H,23,24). The minimum atomic E-state index is -0.764. The molecule has 0 aromatic carbocycles. The van der Waals surface area contributed by atoms with Gasteiger partial charge in [0.25, 0.3) is 0 Å². The van der Waals surface area contributed by atoms with Gasteiger partial charge in [-0.25, -0.2) is 0 Å². The Balaban J connectivity index is 1.86. The Morgan fingerprint density at radius 2 is 1.76 bits per heavy atom. The number of likely N-dealkylation sites (N-methyl/N-ethyl adjacent to an activating group) is 1. The number of piperidine rings is 1. The van der Waals surface area contributed by atoms with E-state index in [-0.39, 0.29) is 12.5 Å². The van der Waals surface area contributed by atoms with Crippen molar-refractivity contribution in [2.24, 2.45) is 11.8 Å². The van der Waals surface area contributed by atoms with Gasteiger partial charge in [-0.15, -0.1) is 0 Å². The summed E-state index contributed by atoms with van der Waals surface area (Å²) >= 11 is 0. The zero-order valence-corrected chi connectivity index (χ0v) is 16.1. The van der Waals surface area contributed by atoms with Gasteiger partial charge in [-0.2, -0.15) is 0 Å². The molecule has 1 amide bonds. The van der Waals surface area contributed by atoms with E-state index in [0.29, 0.717) is 11.9 Å². The molecular weight excluding hydrogens is 316 g/mol. The van der Waals surface area contributed by atoms with E-state index in [0.717, 1.165) is 57.7 Å². The summed E-state index contributed by atoms with van der Waals surface area (Å²) in [7, 11) is 0. The van der Waals surface area contributed by atoms with Gasteiger partial charge in [0, 0.05) is 25.0 Å². The van der Waals surface area contributed by atoms with E-state index in [1.54, 1.807) is 0 Å². The van der Waals surface area contributed by atoms with Crippen LogP contribution in [-0.2, 0) is 9.59 Å². The molecule has 2 fully saturated rings. The largest absolute Gasteiger partial charge is 0.480 e. The topological polar surface area (TPSA) is 60.9 Å². The second-order valence-corrected chi connectivity index (χ2v) is 7.89. The molecule has 1 saturated carbocycles. The minimum absolute atomic E-state index is 0.106. The number of carbonyl (C=O) groups is 2. The van der Waals surface area contributed by atoms with Crippen molar-refractivity contribution in [1.29, 1.82) is 0 Å². The summed E-state index contributed by atoms with van der Waals surface area (Å²) in [4.78, 5) is 28.1. The minimum Gasteiger partial charge on any atom is -0.480 e. The molecule has 0 radical (unpaired) electrons. The molecule has 0 bridgehead atoms. The van der Waals surface area contributed by atoms with Crippen molar-refractivity contribution in [1.82, 2.24) is 9.80 Å². The van der Waals surface area contributed by atoms with Crippen LogP contribution in [0, 0.1) is 11.8 Å². The number of nitrogens with zero attached hydrogens (tertiary/aromatic N) is 2. The van der Waals surface area contributed by atoms with Crippen LogP contribution in [-0.4, -0.2) is 59.0 Å². The molecule has 0 spiro atoms. The van der Waals surface area contributed by atoms with Crippen molar-refractivity contribution in [3.63, 3.8) is 0 Å². The Kier molecular flexibility index (Phi) is 8.20. The smallest absolute Gasteiger partial charge is 0.317 e. The highest BCUT2D eigenvalue weighted by atomic mass is 16.4. The maximum absolute atomic E-state index is 13.0. The third-order valence-corrected chi connectivity index (χ3v) is 6.12. The zero-order valence-electron chi connectivity index (χ0n) is 16.1. The molecule has 0 aromatic rings. The zero-order chi connectivity index (χ0) is 18.2. The fourth-order valence-electron chi connectivity index (χ4n) is 4.72. The van der Waals surface area contributed by atoms with Crippen molar-refractivity contribution in [3.05, 3.63) is 0 Å². The molecule has 5 heteroatoms. The van der Waals surface area contributed by atoms with Crippen LogP contribution >= 0.6 is 0 Å². The average Bonchev–Trinajstić information content (AvgIpc) is 3.12. The third-order valence-electron chi connectivity index (χ3n) is 6.12. The maximum Gasteiger partial charge on any atom is 0.317 e. The number of hydrogen-bond acceptors (Lipinski definition) is 3. The Labute approximate surface area is 152 Å². The maximum atomic E-state index is 13.0. The first-order chi connectivity index (χ1) is 12.0. The van der Waals surface area contributed by atoms with Gasteiger partial charge in [-0.3, -0.25) is 14.5 Å². The van der Waals surface area contributed by atoms with Crippen molar-refractivity contribution >= 4 is 11.9 Å². The molecule has 1 aliphatic carbocycles. The summed E-state index contributed by atoms with van der Waals surface area (Å²) in [6.07, 6.45) is 10.2. The highest BCUT2D eigenvalue weighted by Crippen LogP contribution is 2.33. The van der Waals surface area contributed by atoms with Crippen molar-refractivity contribution < 1.29 is 14.7 Å². The summed E-state index contributed by atoms with van der Waals surface area (Å²) in [5.41, 5.74) is 0. The van der Waals surface area contributed by atoms with Gasteiger partial charge in [0.1, 0.15) is 0 Å². The lowest BCUT2D eigenvalue weighted by Gasteiger charge is -2.39. The van der Waals surface area contributed by atoms with Crippen LogP contribution in [0.25, 0.3) is 0 Å². The second kappa shape index (κ2) is 10.1. The van der Waals surface area contributed by atoms with Crippen LogP contribution in [0.4, 0.5) is 0 Å². The lowest BCUT2D eigenvalue weighted by molar-refractivity contribution is -0.141. The van der Waals surface area contributed by atoms with E-state index < -0.39 is 5.97 Å². The first kappa shape index (κ1) is 20.2. The van der Waals surface area contributed by atoms with Gasteiger partial charge in [-0.1, -0.05) is 46.0 Å². The molecule has 1 N–H and O–H groups in total. The highest BCUT2D eigenvalue weighted by molar-refractivity contribution is 5.79. The highest BCUT2D eigenvalue weighted by Gasteiger charge is 2.31. The van der Waals surface area contributed by atoms with Crippen molar-refractivity contribution in [3.8, 4) is 0 Å². The number of rotatable bonds is 9. The van der Waals surface area contributed by atoms with Gasteiger partial charge < -0.3 is 10.0 Å². The molecule has 1 heterocycles. The number of carboxylic acids is 1. The summed E-state index contributed by atoms with van der Waals surface area (Å²) in [6.45, 7) is 6.61. The monoisotopic (exact) mass is 352 g/mol. The Morgan fingerprint density at radius 3 is 2.28 bits per heavy atom. The van der Waals surface area contributed by atoms with Gasteiger partial charge in [0.05, 0.1) is 6.54 Å². The fraction of sp³-hybridized carbons (Fsp3) is 0.900. The molecule has 1 saturated heterocycles. The number of hydrogen-bond donors (Lipinski definition) is 1. The van der Waals surface area contributed by atoms with Crippen LogP contribution < -0.4 is 0 Å². The van der Waals surface area contributed by atoms with Crippen LogP contribution in [0.1, 0.15) is 71.6 Å². The SMILES string of the molecule is CCCC(CC1CCCC1)C(=O)N1CCC(N(CC)CC(=O)O)CC1. The molecule has 2 aliphatic rings. The number of carboxylic acid groups (broad SMARTS) is 1. The van der Waals surface area contributed by atoms with Crippen LogP contribution in [0.15, 0.2) is 0 Å². The first-order valence-corrected chi connectivity index (χ1v) is 10.3. The predicted octanol–water partition coefficient (Wildman–Crippen LogP) is 3.38. The fourth-order valence-corrected chi connectivity index (χ4v) is 4.72. The molecule has 1 aliphatic heterocycles. The van der Waals surface area contributed by atoms with Gasteiger partial charge in [0.15, 0.2) is 0 Å². The quantitative estimate of drug-likeness (QED) is 0.691. The van der Waals surface area contributed by atoms with E-state index in [2.05, 4.69) is 11.8 Å². The summed E-state index contributed by atoms with van der Waals surface area (Å²) in [5.74, 6) is 0.545. The first-order valence-electron chi connectivity index (χ1n) is 10.3. The normalized spacial score (nSPS) is 21.0. The molecule has 0 aromatic heterocycles. The summed E-state index contributed by atoms with van der Waals surface area (Å²) in [6, 6.07) is 0.296. The number of amides is 1. The molecular formula is C20H36N2O3. The average molecular weight is 353 g/mol. The van der Waals surface area contributed by atoms with Gasteiger partial charge in [0.2, 0.25) is 5.91 Å². The number of carbonyl (C=O) groups excluding carboxylic acids is 1. The van der Waals surface area contributed by atoms with Crippen LogP contribution in [0.3, 0.4) is 0 Å². The van der Waals surface area contributed by atoms with E-state index in [1.807, 2.05) is 11.8 Å². The molecule has 144 valence electrons. The predicted molar refractivity (Wildman–Crippen MR) is 99.5 cm³/mol. The van der Waals surface area contributed by atoms with E-state index >= 15 is 0 Å².